The Hall–Kier alpha value is -5.38. The van der Waals surface area contributed by atoms with E-state index < -0.39 is 47.8 Å². The summed E-state index contributed by atoms with van der Waals surface area (Å²) in [6, 6.07) is 14.1. The lowest BCUT2D eigenvalue weighted by atomic mass is 10.0. The van der Waals surface area contributed by atoms with Gasteiger partial charge in [0.2, 0.25) is 12.1 Å². The highest BCUT2D eigenvalue weighted by atomic mass is 16.6. The fourth-order valence-corrected chi connectivity index (χ4v) is 5.83. The van der Waals surface area contributed by atoms with E-state index in [0.29, 0.717) is 29.1 Å². The second-order valence-electron chi connectivity index (χ2n) is 13.5. The number of carbonyl (C=O) groups excluding carboxylic acids is 2. The Labute approximate surface area is 292 Å². The monoisotopic (exact) mass is 686 g/mol. The molecule has 1 aromatic heterocycles. The molecule has 0 spiro atoms. The Balaban J connectivity index is 1.76. The lowest BCUT2D eigenvalue weighted by Crippen LogP contribution is -2.57. The lowest BCUT2D eigenvalue weighted by molar-refractivity contribution is -0.139. The van der Waals surface area contributed by atoms with Crippen LogP contribution < -0.4 is 20.1 Å². The van der Waals surface area contributed by atoms with Crippen molar-refractivity contribution in [2.75, 3.05) is 13.7 Å². The number of nitriles is 1. The summed E-state index contributed by atoms with van der Waals surface area (Å²) in [4.78, 5) is 49.7. The molecular formula is C37H46N6O7. The van der Waals surface area contributed by atoms with Crippen LogP contribution in [0.5, 0.6) is 11.5 Å². The van der Waals surface area contributed by atoms with Crippen LogP contribution in [0.4, 0.5) is 4.79 Å². The first-order chi connectivity index (χ1) is 23.7. The summed E-state index contributed by atoms with van der Waals surface area (Å²) >= 11 is 0. The van der Waals surface area contributed by atoms with Crippen molar-refractivity contribution in [1.29, 1.82) is 5.26 Å². The predicted octanol–water partition coefficient (Wildman–Crippen LogP) is 5.53. The number of likely N-dealkylation sites (tertiary alicyclic amines) is 1. The van der Waals surface area contributed by atoms with Crippen LogP contribution >= 0.6 is 0 Å². The molecule has 1 saturated heterocycles. The van der Waals surface area contributed by atoms with E-state index in [-0.39, 0.29) is 31.1 Å². The minimum absolute atomic E-state index is 0.0295. The van der Waals surface area contributed by atoms with Crippen molar-refractivity contribution in [2.45, 2.75) is 90.6 Å². The van der Waals surface area contributed by atoms with Crippen LogP contribution in [-0.2, 0) is 14.3 Å². The van der Waals surface area contributed by atoms with Gasteiger partial charge in [-0.15, -0.1) is 0 Å². The first kappa shape index (κ1) is 37.4. The zero-order chi connectivity index (χ0) is 36.6. The third kappa shape index (κ3) is 9.40. The standard InChI is InChI=1S/C37H46N6O7/c1-8-12-27(35(45)46)41-33(39-21-38)30-18-25(20-43(30)34(44)32(22(2)3)42-36(47)50-37(4,5)6)49-31-19-28(23-13-10-9-11-14-23)40-29-17-24(48-7)15-16-26(29)31/h9-11,13-17,19,22,25,27,30,32H,8,12,18,20H2,1-7H3,(H,39,41)(H,42,47)(H,45,46)/t25-,27+,30+,32?/m1/s1. The number of carboxylic acid groups (broad SMARTS) is 1. The highest BCUT2D eigenvalue weighted by molar-refractivity contribution is 5.97. The van der Waals surface area contributed by atoms with Crippen LogP contribution in [0.25, 0.3) is 22.2 Å². The van der Waals surface area contributed by atoms with Crippen LogP contribution in [0.15, 0.2) is 59.6 Å². The number of hydrogen-bond donors (Lipinski definition) is 3. The number of amidine groups is 1. The largest absolute Gasteiger partial charge is 0.497 e. The number of nitrogens with zero attached hydrogens (tertiary/aromatic N) is 4. The van der Waals surface area contributed by atoms with Crippen LogP contribution in [0.3, 0.4) is 0 Å². The molecular weight excluding hydrogens is 640 g/mol. The summed E-state index contributed by atoms with van der Waals surface area (Å²) in [6.45, 7) is 10.7. The molecule has 1 aliphatic rings. The van der Waals surface area contributed by atoms with E-state index in [1.807, 2.05) is 61.5 Å². The van der Waals surface area contributed by atoms with Crippen molar-refractivity contribution in [2.24, 2.45) is 10.9 Å². The molecule has 0 saturated carbocycles. The number of aromatic nitrogens is 1. The first-order valence-corrected chi connectivity index (χ1v) is 16.7. The molecule has 0 bridgehead atoms. The van der Waals surface area contributed by atoms with Crippen LogP contribution in [-0.4, -0.2) is 82.3 Å². The van der Waals surface area contributed by atoms with Crippen molar-refractivity contribution in [3.05, 3.63) is 54.6 Å². The van der Waals surface area contributed by atoms with Gasteiger partial charge in [-0.05, 0) is 45.2 Å². The summed E-state index contributed by atoms with van der Waals surface area (Å²) in [5.41, 5.74) is 1.39. The van der Waals surface area contributed by atoms with E-state index in [9.17, 15) is 24.8 Å². The molecule has 4 atom stereocenters. The van der Waals surface area contributed by atoms with Crippen molar-refractivity contribution in [3.8, 4) is 28.9 Å². The van der Waals surface area contributed by atoms with Gasteiger partial charge in [0.25, 0.3) is 0 Å². The zero-order valence-corrected chi connectivity index (χ0v) is 29.6. The van der Waals surface area contributed by atoms with Crippen molar-refractivity contribution in [3.63, 3.8) is 0 Å². The van der Waals surface area contributed by atoms with E-state index >= 15 is 0 Å². The summed E-state index contributed by atoms with van der Waals surface area (Å²) in [5.74, 6) is -0.741. The van der Waals surface area contributed by atoms with Crippen molar-refractivity contribution < 1.29 is 33.7 Å². The quantitative estimate of drug-likeness (QED) is 0.125. The highest BCUT2D eigenvalue weighted by Gasteiger charge is 2.44. The van der Waals surface area contributed by atoms with Crippen LogP contribution in [0.2, 0.25) is 0 Å². The Kier molecular flexibility index (Phi) is 12.2. The third-order valence-corrected chi connectivity index (χ3v) is 8.18. The Morgan fingerprint density at radius 2 is 1.84 bits per heavy atom. The molecule has 2 heterocycles. The van der Waals surface area contributed by atoms with E-state index in [4.69, 9.17) is 19.2 Å². The highest BCUT2D eigenvalue weighted by Crippen LogP contribution is 2.35. The number of rotatable bonds is 12. The van der Waals surface area contributed by atoms with Gasteiger partial charge >= 0.3 is 12.1 Å². The molecule has 2 aromatic carbocycles. The number of pyridine rings is 1. The van der Waals surface area contributed by atoms with Gasteiger partial charge in [-0.1, -0.05) is 57.5 Å². The maximum absolute atomic E-state index is 14.4. The molecule has 1 aliphatic heterocycles. The number of aliphatic imine (C=N–C) groups is 1. The maximum atomic E-state index is 14.4. The number of fused-ring (bicyclic) bond motifs is 1. The number of ether oxygens (including phenoxy) is 3. The smallest absolute Gasteiger partial charge is 0.408 e. The number of carboxylic acids is 1. The summed E-state index contributed by atoms with van der Waals surface area (Å²) < 4.78 is 17.6. The molecule has 13 heteroatoms. The van der Waals surface area contributed by atoms with Crippen molar-refractivity contribution in [1.82, 2.24) is 20.5 Å². The van der Waals surface area contributed by atoms with Gasteiger partial charge in [0.1, 0.15) is 41.1 Å². The second-order valence-corrected chi connectivity index (χ2v) is 13.5. The maximum Gasteiger partial charge on any atom is 0.408 e. The molecule has 2 amide bonds. The zero-order valence-electron chi connectivity index (χ0n) is 29.6. The molecule has 1 fully saturated rings. The summed E-state index contributed by atoms with van der Waals surface area (Å²) in [6.07, 6.45) is 1.40. The topological polar surface area (TPSA) is 175 Å². The molecule has 3 aromatic rings. The van der Waals surface area contributed by atoms with Gasteiger partial charge in [-0.25, -0.2) is 14.6 Å². The van der Waals surface area contributed by atoms with E-state index in [0.717, 1.165) is 10.9 Å². The molecule has 0 aliphatic carbocycles. The average Bonchev–Trinajstić information content (AvgIpc) is 3.49. The normalized spacial score (nSPS) is 17.5. The number of amides is 2. The van der Waals surface area contributed by atoms with Crippen LogP contribution in [0, 0.1) is 17.4 Å². The van der Waals surface area contributed by atoms with Gasteiger partial charge in [0.15, 0.2) is 0 Å². The van der Waals surface area contributed by atoms with Crippen LogP contribution in [0.1, 0.15) is 60.8 Å². The summed E-state index contributed by atoms with van der Waals surface area (Å²) in [5, 5.41) is 25.9. The Morgan fingerprint density at radius 1 is 1.12 bits per heavy atom. The number of carbonyl (C=O) groups is 3. The average molecular weight is 687 g/mol. The van der Waals surface area contributed by atoms with Gasteiger partial charge in [-0.3, -0.25) is 4.79 Å². The third-order valence-electron chi connectivity index (χ3n) is 8.18. The molecule has 0 radical (unpaired) electrons. The molecule has 266 valence electrons. The van der Waals surface area contributed by atoms with Gasteiger partial charge < -0.3 is 34.9 Å². The molecule has 4 rings (SSSR count). The fourth-order valence-electron chi connectivity index (χ4n) is 5.83. The van der Waals surface area contributed by atoms with Gasteiger partial charge in [0, 0.05) is 29.5 Å². The molecule has 50 heavy (non-hydrogen) atoms. The number of alkyl carbamates (subject to hydrolysis) is 1. The minimum Gasteiger partial charge on any atom is -0.497 e. The number of benzene rings is 2. The second kappa shape index (κ2) is 16.3. The predicted molar refractivity (Wildman–Crippen MR) is 189 cm³/mol. The molecule has 1 unspecified atom stereocenters. The van der Waals surface area contributed by atoms with E-state index in [2.05, 4.69) is 15.6 Å². The van der Waals surface area contributed by atoms with Gasteiger partial charge in [-0.2, -0.15) is 10.3 Å². The fraction of sp³-hybridized carbons (Fsp3) is 0.459. The number of nitrogens with one attached hydrogen (secondary N) is 2. The molecule has 3 N–H and O–H groups in total. The van der Waals surface area contributed by atoms with Crippen molar-refractivity contribution >= 4 is 34.7 Å². The van der Waals surface area contributed by atoms with E-state index in [1.165, 1.54) is 4.90 Å². The SMILES string of the molecule is CCC[C@H](NC(=NC#N)[C@@H]1C[C@@H](Oc2cc(-c3ccccc3)nc3cc(OC)ccc23)CN1C(=O)C(NC(=O)OC(C)(C)C)C(C)C)C(=O)O. The minimum atomic E-state index is -1.11. The molecule has 13 nitrogen and oxygen atoms in total. The van der Waals surface area contributed by atoms with Gasteiger partial charge in [0.05, 0.1) is 30.9 Å². The number of aliphatic carboxylic acids is 1. The number of hydrogen-bond acceptors (Lipinski definition) is 9. The lowest BCUT2D eigenvalue weighted by Gasteiger charge is -2.32. The van der Waals surface area contributed by atoms with E-state index in [1.54, 1.807) is 47.9 Å². The first-order valence-electron chi connectivity index (χ1n) is 16.7. The Bertz CT molecular complexity index is 1750. The number of methoxy groups -OCH3 is 1. The summed E-state index contributed by atoms with van der Waals surface area (Å²) in [7, 11) is 1.58. The Morgan fingerprint density at radius 3 is 2.44 bits per heavy atom.